The second kappa shape index (κ2) is 9.66. The van der Waals surface area contributed by atoms with Gasteiger partial charge in [0.1, 0.15) is 5.60 Å². The molecule has 37 heavy (non-hydrogen) atoms. The quantitative estimate of drug-likeness (QED) is 0.349. The van der Waals surface area contributed by atoms with Crippen LogP contribution in [0.2, 0.25) is 0 Å². The van der Waals surface area contributed by atoms with Gasteiger partial charge in [-0.05, 0) is 91.7 Å². The highest BCUT2D eigenvalue weighted by molar-refractivity contribution is 5.93. The van der Waals surface area contributed by atoms with Gasteiger partial charge in [0.15, 0.2) is 17.3 Å². The van der Waals surface area contributed by atoms with Gasteiger partial charge in [-0.25, -0.2) is 0 Å². The molecule has 4 nitrogen and oxygen atoms in total. The van der Waals surface area contributed by atoms with Crippen LogP contribution in [0.4, 0.5) is 0 Å². The zero-order valence-corrected chi connectivity index (χ0v) is 22.4. The Kier molecular flexibility index (Phi) is 6.48. The molecule has 1 aliphatic heterocycles. The lowest BCUT2D eigenvalue weighted by Gasteiger charge is -2.53. The summed E-state index contributed by atoms with van der Waals surface area (Å²) in [5.74, 6) is 9.74. The van der Waals surface area contributed by atoms with Crippen LogP contribution in [0.5, 0.6) is 11.5 Å². The molecule has 0 amide bonds. The smallest absolute Gasteiger partial charge is 0.231 e. The first kappa shape index (κ1) is 24.8. The van der Waals surface area contributed by atoms with Gasteiger partial charge < -0.3 is 14.6 Å². The SMILES string of the molecule is CCCCCCC#CC1(O)CC[C@H]2[C@@H]3CCC4=CC(=O)CCC4=C3C(c3ccc4c(c3)OCO4)C[C@@]21C. The van der Waals surface area contributed by atoms with Crippen molar-refractivity contribution in [2.75, 3.05) is 6.79 Å². The Morgan fingerprint density at radius 3 is 2.81 bits per heavy atom. The molecule has 196 valence electrons. The van der Waals surface area contributed by atoms with Gasteiger partial charge >= 0.3 is 0 Å². The Bertz CT molecular complexity index is 1210. The average molecular weight is 501 g/mol. The molecule has 0 aromatic heterocycles. The van der Waals surface area contributed by atoms with E-state index in [1.165, 1.54) is 41.5 Å². The Balaban J connectivity index is 1.40. The van der Waals surface area contributed by atoms with Crippen LogP contribution < -0.4 is 9.47 Å². The summed E-state index contributed by atoms with van der Waals surface area (Å²) in [6, 6.07) is 6.37. The zero-order valence-electron chi connectivity index (χ0n) is 22.4. The first-order valence-electron chi connectivity index (χ1n) is 14.5. The number of aliphatic hydroxyl groups is 1. The monoisotopic (exact) mass is 500 g/mol. The Hall–Kier alpha value is -2.51. The number of hydrogen-bond donors (Lipinski definition) is 1. The third-order valence-electron chi connectivity index (χ3n) is 10.1. The first-order valence-corrected chi connectivity index (χ1v) is 14.5. The fourth-order valence-electron chi connectivity index (χ4n) is 8.15. The molecule has 1 aromatic rings. The third kappa shape index (κ3) is 4.15. The number of fused-ring (bicyclic) bond motifs is 5. The normalized spacial score (nSPS) is 33.8. The highest BCUT2D eigenvalue weighted by Crippen LogP contribution is 2.66. The molecule has 0 spiro atoms. The molecule has 1 N–H and O–H groups in total. The maximum absolute atomic E-state index is 12.3. The van der Waals surface area contributed by atoms with Crippen LogP contribution in [-0.4, -0.2) is 23.3 Å². The number of unbranched alkanes of at least 4 members (excludes halogenated alkanes) is 4. The van der Waals surface area contributed by atoms with Crippen molar-refractivity contribution in [2.45, 2.75) is 102 Å². The van der Waals surface area contributed by atoms with Crippen molar-refractivity contribution < 1.29 is 19.4 Å². The number of rotatable bonds is 5. The van der Waals surface area contributed by atoms with Crippen LogP contribution >= 0.6 is 0 Å². The maximum atomic E-state index is 12.3. The van der Waals surface area contributed by atoms with E-state index >= 15 is 0 Å². The molecule has 5 atom stereocenters. The van der Waals surface area contributed by atoms with E-state index in [0.717, 1.165) is 62.9 Å². The van der Waals surface area contributed by atoms with Crippen LogP contribution in [0.1, 0.15) is 102 Å². The molecule has 1 aromatic carbocycles. The molecule has 6 rings (SSSR count). The van der Waals surface area contributed by atoms with Crippen LogP contribution in [-0.2, 0) is 4.79 Å². The lowest BCUT2D eigenvalue weighted by molar-refractivity contribution is -0.114. The third-order valence-corrected chi connectivity index (χ3v) is 10.1. The molecule has 4 heteroatoms. The van der Waals surface area contributed by atoms with Gasteiger partial charge in [0.2, 0.25) is 6.79 Å². The minimum absolute atomic E-state index is 0.184. The molecular formula is C33H40O4. The van der Waals surface area contributed by atoms with Gasteiger partial charge in [0.25, 0.3) is 0 Å². The van der Waals surface area contributed by atoms with Crippen LogP contribution in [0.15, 0.2) is 41.0 Å². The molecule has 0 saturated heterocycles. The molecule has 5 aliphatic rings. The summed E-state index contributed by atoms with van der Waals surface area (Å²) >= 11 is 0. The Morgan fingerprint density at radius 1 is 1.08 bits per heavy atom. The van der Waals surface area contributed by atoms with Crippen molar-refractivity contribution in [2.24, 2.45) is 17.3 Å². The topological polar surface area (TPSA) is 55.8 Å². The summed E-state index contributed by atoms with van der Waals surface area (Å²) in [4.78, 5) is 12.3. The van der Waals surface area contributed by atoms with E-state index in [1.807, 2.05) is 12.1 Å². The lowest BCUT2D eigenvalue weighted by atomic mass is 9.51. The van der Waals surface area contributed by atoms with Crippen molar-refractivity contribution in [1.82, 2.24) is 0 Å². The summed E-state index contributed by atoms with van der Waals surface area (Å²) in [5.41, 5.74) is 4.23. The maximum Gasteiger partial charge on any atom is 0.231 e. The molecule has 0 bridgehead atoms. The molecule has 4 aliphatic carbocycles. The zero-order chi connectivity index (χ0) is 25.6. The molecule has 2 unspecified atom stereocenters. The average Bonchev–Trinajstić information content (AvgIpc) is 3.47. The standard InChI is InChI=1S/C33H40O4/c1-3-4-5-6-7-8-16-33(35)17-15-28-26-12-9-22-18-24(34)11-13-25(22)31(26)27(20-32(28,33)2)23-10-14-29-30(19-23)37-21-36-29/h10,14,18-19,26-28,35H,3-7,9,11-13,15,17,20-21H2,1-2H3/t26-,27?,28-,32-,33?/m0/s1. The van der Waals surface area contributed by atoms with Gasteiger partial charge in [-0.15, -0.1) is 5.92 Å². The highest BCUT2D eigenvalue weighted by atomic mass is 16.7. The largest absolute Gasteiger partial charge is 0.454 e. The lowest BCUT2D eigenvalue weighted by Crippen LogP contribution is -2.51. The van der Waals surface area contributed by atoms with Crippen molar-refractivity contribution in [3.05, 3.63) is 46.6 Å². The van der Waals surface area contributed by atoms with Gasteiger partial charge in [0, 0.05) is 24.2 Å². The number of carbonyl (C=O) groups is 1. The molecule has 0 radical (unpaired) electrons. The van der Waals surface area contributed by atoms with Crippen molar-refractivity contribution in [3.8, 4) is 23.3 Å². The predicted octanol–water partition coefficient (Wildman–Crippen LogP) is 7.02. The van der Waals surface area contributed by atoms with Crippen LogP contribution in [0.25, 0.3) is 0 Å². The molecule has 2 saturated carbocycles. The number of hydrogen-bond acceptors (Lipinski definition) is 4. The second-order valence-electron chi connectivity index (χ2n) is 12.1. The molecule has 1 heterocycles. The van der Waals surface area contributed by atoms with E-state index in [-0.39, 0.29) is 23.9 Å². The van der Waals surface area contributed by atoms with E-state index in [1.54, 1.807) is 0 Å². The van der Waals surface area contributed by atoms with E-state index < -0.39 is 5.60 Å². The summed E-state index contributed by atoms with van der Waals surface area (Å²) in [6.07, 6.45) is 13.7. The first-order chi connectivity index (χ1) is 17.9. The van der Waals surface area contributed by atoms with E-state index in [2.05, 4.69) is 37.8 Å². The summed E-state index contributed by atoms with van der Waals surface area (Å²) < 4.78 is 11.4. The van der Waals surface area contributed by atoms with Crippen molar-refractivity contribution in [3.63, 3.8) is 0 Å². The number of allylic oxidation sites excluding steroid dienone is 4. The minimum atomic E-state index is -0.953. The Labute approximate surface area is 221 Å². The van der Waals surface area contributed by atoms with E-state index in [4.69, 9.17) is 9.47 Å². The summed E-state index contributed by atoms with van der Waals surface area (Å²) in [7, 11) is 0. The summed E-state index contributed by atoms with van der Waals surface area (Å²) in [6.45, 7) is 4.81. The van der Waals surface area contributed by atoms with Gasteiger partial charge in [-0.2, -0.15) is 0 Å². The molecular weight excluding hydrogens is 460 g/mol. The number of ether oxygens (including phenoxy) is 2. The van der Waals surface area contributed by atoms with Crippen molar-refractivity contribution in [1.29, 1.82) is 0 Å². The minimum Gasteiger partial charge on any atom is -0.454 e. The van der Waals surface area contributed by atoms with Gasteiger partial charge in [0.05, 0.1) is 0 Å². The Morgan fingerprint density at radius 2 is 1.95 bits per heavy atom. The number of benzene rings is 1. The van der Waals surface area contributed by atoms with Crippen LogP contribution in [0.3, 0.4) is 0 Å². The van der Waals surface area contributed by atoms with E-state index in [9.17, 15) is 9.90 Å². The number of carbonyl (C=O) groups excluding carboxylic acids is 1. The van der Waals surface area contributed by atoms with Crippen LogP contribution in [0, 0.1) is 29.1 Å². The van der Waals surface area contributed by atoms with Gasteiger partial charge in [-0.3, -0.25) is 4.79 Å². The van der Waals surface area contributed by atoms with E-state index in [0.29, 0.717) is 18.3 Å². The molecule has 2 fully saturated rings. The second-order valence-corrected chi connectivity index (χ2v) is 12.1. The van der Waals surface area contributed by atoms with Gasteiger partial charge in [-0.1, -0.05) is 50.7 Å². The summed E-state index contributed by atoms with van der Waals surface area (Å²) in [5, 5.41) is 12.1. The predicted molar refractivity (Wildman–Crippen MR) is 144 cm³/mol. The van der Waals surface area contributed by atoms with Crippen molar-refractivity contribution >= 4 is 5.78 Å². The fraction of sp³-hybridized carbons (Fsp3) is 0.606. The number of ketones is 1. The fourth-order valence-corrected chi connectivity index (χ4v) is 8.15. The highest BCUT2D eigenvalue weighted by Gasteiger charge is 2.62.